The average Bonchev–Trinajstić information content (AvgIpc) is 2.48. The Balaban J connectivity index is 2.47. The quantitative estimate of drug-likeness (QED) is 0.927. The number of carbonyl (C=O) groups is 2. The van der Waals surface area contributed by atoms with E-state index in [2.05, 4.69) is 0 Å². The number of amides is 1. The number of aryl methyl sites for hydroxylation is 2. The number of carboxylic acid groups (broad SMARTS) is 1. The molecule has 0 radical (unpaired) electrons. The summed E-state index contributed by atoms with van der Waals surface area (Å²) in [6.07, 6.45) is 0.791. The highest BCUT2D eigenvalue weighted by Crippen LogP contribution is 2.23. The first-order valence-corrected chi connectivity index (χ1v) is 7.19. The molecule has 0 aromatic heterocycles. The molecule has 2 rings (SSSR count). The van der Waals surface area contributed by atoms with Gasteiger partial charge >= 0.3 is 5.97 Å². The van der Waals surface area contributed by atoms with E-state index in [-0.39, 0.29) is 17.5 Å². The fourth-order valence-electron chi connectivity index (χ4n) is 2.77. The van der Waals surface area contributed by atoms with Gasteiger partial charge in [-0.3, -0.25) is 4.79 Å². The zero-order valence-electron chi connectivity index (χ0n) is 12.7. The first kappa shape index (κ1) is 15.5. The zero-order chi connectivity index (χ0) is 15.6. The van der Waals surface area contributed by atoms with Gasteiger partial charge in [0, 0.05) is 6.54 Å². The van der Waals surface area contributed by atoms with Crippen LogP contribution in [0.5, 0.6) is 0 Å². The third-order valence-corrected chi connectivity index (χ3v) is 4.01. The molecule has 114 valence electrons. The molecule has 5 nitrogen and oxygen atoms in total. The summed E-state index contributed by atoms with van der Waals surface area (Å²) in [6.45, 7) is 7.01. The molecule has 1 amide bonds. The van der Waals surface area contributed by atoms with Crippen molar-refractivity contribution in [3.05, 3.63) is 34.4 Å². The Morgan fingerprint density at radius 2 is 1.90 bits per heavy atom. The average molecular weight is 291 g/mol. The van der Waals surface area contributed by atoms with Crippen molar-refractivity contribution < 1.29 is 19.4 Å². The largest absolute Gasteiger partial charge is 0.478 e. The highest BCUT2D eigenvalue weighted by molar-refractivity contribution is 6.06. The molecule has 1 aliphatic heterocycles. The van der Waals surface area contributed by atoms with Crippen molar-refractivity contribution in [2.24, 2.45) is 0 Å². The smallest absolute Gasteiger partial charge is 0.336 e. The van der Waals surface area contributed by atoms with Crippen LogP contribution in [0.2, 0.25) is 0 Å². The Hall–Kier alpha value is -1.88. The molecular weight excluding hydrogens is 270 g/mol. The number of benzene rings is 1. The normalized spacial score (nSPS) is 18.6. The Labute approximate surface area is 124 Å². The van der Waals surface area contributed by atoms with E-state index in [1.807, 2.05) is 6.92 Å². The van der Waals surface area contributed by atoms with Gasteiger partial charge < -0.3 is 14.7 Å². The summed E-state index contributed by atoms with van der Waals surface area (Å²) in [6, 6.07) is 3.55. The van der Waals surface area contributed by atoms with Crippen LogP contribution >= 0.6 is 0 Å². The van der Waals surface area contributed by atoms with Crippen molar-refractivity contribution in [1.82, 2.24) is 4.90 Å². The molecule has 1 aromatic carbocycles. The van der Waals surface area contributed by atoms with Crippen LogP contribution in [0.25, 0.3) is 0 Å². The van der Waals surface area contributed by atoms with Crippen LogP contribution in [0.3, 0.4) is 0 Å². The summed E-state index contributed by atoms with van der Waals surface area (Å²) in [5.41, 5.74) is 1.73. The van der Waals surface area contributed by atoms with Crippen molar-refractivity contribution in [3.8, 4) is 0 Å². The zero-order valence-corrected chi connectivity index (χ0v) is 12.7. The maximum Gasteiger partial charge on any atom is 0.336 e. The molecule has 1 unspecified atom stereocenters. The van der Waals surface area contributed by atoms with E-state index in [0.717, 1.165) is 6.42 Å². The fourth-order valence-corrected chi connectivity index (χ4v) is 2.77. The van der Waals surface area contributed by atoms with Crippen LogP contribution in [0, 0.1) is 13.8 Å². The van der Waals surface area contributed by atoms with Gasteiger partial charge in [-0.15, -0.1) is 0 Å². The molecular formula is C16H21NO4. The molecule has 1 aliphatic rings. The van der Waals surface area contributed by atoms with Gasteiger partial charge in [-0.25, -0.2) is 4.79 Å². The van der Waals surface area contributed by atoms with Crippen molar-refractivity contribution >= 4 is 11.9 Å². The Kier molecular flexibility index (Phi) is 4.63. The summed E-state index contributed by atoms with van der Waals surface area (Å²) in [5.74, 6) is -1.26. The molecule has 0 bridgehead atoms. The second kappa shape index (κ2) is 6.26. The minimum absolute atomic E-state index is 0.00723. The molecule has 1 N–H and O–H groups in total. The maximum atomic E-state index is 12.9. The van der Waals surface area contributed by atoms with E-state index < -0.39 is 5.97 Å². The lowest BCUT2D eigenvalue weighted by Gasteiger charge is -2.35. The molecule has 5 heteroatoms. The number of aromatic carboxylic acids is 1. The number of ether oxygens (including phenoxy) is 1. The van der Waals surface area contributed by atoms with Gasteiger partial charge in [0.1, 0.15) is 0 Å². The Morgan fingerprint density at radius 1 is 1.29 bits per heavy atom. The Morgan fingerprint density at radius 3 is 2.48 bits per heavy atom. The van der Waals surface area contributed by atoms with Crippen LogP contribution < -0.4 is 0 Å². The first-order valence-electron chi connectivity index (χ1n) is 7.19. The number of hydrogen-bond acceptors (Lipinski definition) is 3. The molecule has 0 saturated carbocycles. The molecule has 0 aliphatic carbocycles. The highest BCUT2D eigenvalue weighted by Gasteiger charge is 2.31. The minimum Gasteiger partial charge on any atom is -0.478 e. The van der Waals surface area contributed by atoms with E-state index in [1.165, 1.54) is 0 Å². The third kappa shape index (κ3) is 2.93. The molecule has 1 atom stereocenters. The summed E-state index contributed by atoms with van der Waals surface area (Å²) >= 11 is 0. The third-order valence-electron chi connectivity index (χ3n) is 4.01. The molecule has 0 spiro atoms. The number of rotatable bonds is 3. The second-order valence-corrected chi connectivity index (χ2v) is 5.39. The number of carboxylic acids is 1. The predicted octanol–water partition coefficient (Wildman–Crippen LogP) is 2.25. The second-order valence-electron chi connectivity index (χ2n) is 5.39. The van der Waals surface area contributed by atoms with Gasteiger partial charge in [0.15, 0.2) is 0 Å². The number of nitrogens with zero attached hydrogens (tertiary/aromatic N) is 1. The molecule has 1 aromatic rings. The lowest BCUT2D eigenvalue weighted by atomic mass is 9.95. The van der Waals surface area contributed by atoms with Crippen molar-refractivity contribution in [3.63, 3.8) is 0 Å². The van der Waals surface area contributed by atoms with E-state index >= 15 is 0 Å². The van der Waals surface area contributed by atoms with Gasteiger partial charge in [0.25, 0.3) is 5.91 Å². The van der Waals surface area contributed by atoms with Crippen LogP contribution in [0.4, 0.5) is 0 Å². The summed E-state index contributed by atoms with van der Waals surface area (Å²) < 4.78 is 5.41. The van der Waals surface area contributed by atoms with E-state index in [0.29, 0.717) is 36.4 Å². The van der Waals surface area contributed by atoms with E-state index in [4.69, 9.17) is 4.74 Å². The van der Waals surface area contributed by atoms with Crippen molar-refractivity contribution in [2.75, 3.05) is 19.8 Å². The van der Waals surface area contributed by atoms with Crippen LogP contribution in [0.15, 0.2) is 12.1 Å². The van der Waals surface area contributed by atoms with Crippen molar-refractivity contribution in [2.45, 2.75) is 33.2 Å². The molecule has 21 heavy (non-hydrogen) atoms. The number of hydrogen-bond donors (Lipinski definition) is 1. The van der Waals surface area contributed by atoms with Gasteiger partial charge in [-0.1, -0.05) is 19.1 Å². The van der Waals surface area contributed by atoms with Crippen LogP contribution in [0.1, 0.15) is 45.2 Å². The minimum atomic E-state index is -1.05. The summed E-state index contributed by atoms with van der Waals surface area (Å²) in [7, 11) is 0. The summed E-state index contributed by atoms with van der Waals surface area (Å²) in [4.78, 5) is 26.2. The van der Waals surface area contributed by atoms with Gasteiger partial charge in [-0.05, 0) is 31.4 Å². The van der Waals surface area contributed by atoms with Crippen LogP contribution in [-0.4, -0.2) is 47.7 Å². The molecule has 1 fully saturated rings. The van der Waals surface area contributed by atoms with Gasteiger partial charge in [-0.2, -0.15) is 0 Å². The topological polar surface area (TPSA) is 66.8 Å². The Bertz CT molecular complexity index is 568. The SMILES string of the molecule is CCC1COCCN1C(=O)c1c(C)ccc(C)c1C(=O)O. The monoisotopic (exact) mass is 291 g/mol. The van der Waals surface area contributed by atoms with E-state index in [1.54, 1.807) is 30.9 Å². The standard InChI is InChI=1S/C16H21NO4/c1-4-12-9-21-8-7-17(12)15(18)13-10(2)5-6-11(3)14(13)16(19)20/h5-6,12H,4,7-9H2,1-3H3,(H,19,20). The highest BCUT2D eigenvalue weighted by atomic mass is 16.5. The van der Waals surface area contributed by atoms with Gasteiger partial charge in [0.05, 0.1) is 30.4 Å². The maximum absolute atomic E-state index is 12.9. The fraction of sp³-hybridized carbons (Fsp3) is 0.500. The number of morpholine rings is 1. The van der Waals surface area contributed by atoms with Gasteiger partial charge in [0.2, 0.25) is 0 Å². The summed E-state index contributed by atoms with van der Waals surface area (Å²) in [5, 5.41) is 9.45. The molecule has 1 heterocycles. The predicted molar refractivity (Wildman–Crippen MR) is 78.8 cm³/mol. The van der Waals surface area contributed by atoms with Crippen LogP contribution in [-0.2, 0) is 4.74 Å². The molecule has 1 saturated heterocycles. The first-order chi connectivity index (χ1) is 9.97. The lowest BCUT2D eigenvalue weighted by Crippen LogP contribution is -2.48. The van der Waals surface area contributed by atoms with Crippen molar-refractivity contribution in [1.29, 1.82) is 0 Å². The lowest BCUT2D eigenvalue weighted by molar-refractivity contribution is -0.00295. The van der Waals surface area contributed by atoms with E-state index in [9.17, 15) is 14.7 Å². The number of carbonyl (C=O) groups excluding carboxylic acids is 1.